The second kappa shape index (κ2) is 6.89. The summed E-state index contributed by atoms with van der Waals surface area (Å²) in [5, 5.41) is 3.44. The first-order valence-corrected chi connectivity index (χ1v) is 6.26. The SMILES string of the molecule is NCc1cccc(CNCCc2ccncc2)c1. The summed E-state index contributed by atoms with van der Waals surface area (Å²) in [6, 6.07) is 12.5. The van der Waals surface area contributed by atoms with E-state index >= 15 is 0 Å². The zero-order valence-electron chi connectivity index (χ0n) is 10.5. The zero-order valence-corrected chi connectivity index (χ0v) is 10.5. The maximum atomic E-state index is 5.62. The maximum absolute atomic E-state index is 5.62. The molecule has 0 aliphatic carbocycles. The van der Waals surface area contributed by atoms with Gasteiger partial charge < -0.3 is 11.1 Å². The first kappa shape index (κ1) is 12.7. The van der Waals surface area contributed by atoms with Crippen molar-refractivity contribution in [3.05, 3.63) is 65.5 Å². The van der Waals surface area contributed by atoms with E-state index in [9.17, 15) is 0 Å². The molecule has 0 unspecified atom stereocenters. The molecule has 0 aliphatic rings. The minimum atomic E-state index is 0.602. The molecule has 18 heavy (non-hydrogen) atoms. The zero-order chi connectivity index (χ0) is 12.6. The second-order valence-electron chi connectivity index (χ2n) is 4.31. The molecule has 2 rings (SSSR count). The summed E-state index contributed by atoms with van der Waals surface area (Å²) >= 11 is 0. The van der Waals surface area contributed by atoms with Crippen molar-refractivity contribution in [1.82, 2.24) is 10.3 Å². The van der Waals surface area contributed by atoms with Crippen molar-refractivity contribution >= 4 is 0 Å². The van der Waals surface area contributed by atoms with Crippen molar-refractivity contribution < 1.29 is 0 Å². The van der Waals surface area contributed by atoms with Gasteiger partial charge in [-0.15, -0.1) is 0 Å². The Kier molecular flexibility index (Phi) is 4.88. The fourth-order valence-corrected chi connectivity index (χ4v) is 1.88. The van der Waals surface area contributed by atoms with Gasteiger partial charge in [0.15, 0.2) is 0 Å². The minimum absolute atomic E-state index is 0.602. The summed E-state index contributed by atoms with van der Waals surface area (Å²) in [7, 11) is 0. The lowest BCUT2D eigenvalue weighted by molar-refractivity contribution is 0.686. The monoisotopic (exact) mass is 241 g/mol. The Hall–Kier alpha value is -1.71. The molecule has 0 saturated heterocycles. The van der Waals surface area contributed by atoms with Crippen molar-refractivity contribution in [2.24, 2.45) is 5.73 Å². The van der Waals surface area contributed by atoms with E-state index in [1.807, 2.05) is 12.4 Å². The number of benzene rings is 1. The van der Waals surface area contributed by atoms with E-state index in [4.69, 9.17) is 5.73 Å². The third kappa shape index (κ3) is 3.95. The molecular formula is C15H19N3. The van der Waals surface area contributed by atoms with Crippen LogP contribution in [0.4, 0.5) is 0 Å². The smallest absolute Gasteiger partial charge is 0.0270 e. The highest BCUT2D eigenvalue weighted by atomic mass is 14.8. The van der Waals surface area contributed by atoms with E-state index in [-0.39, 0.29) is 0 Å². The van der Waals surface area contributed by atoms with Gasteiger partial charge in [0, 0.05) is 25.5 Å². The van der Waals surface area contributed by atoms with Crippen molar-refractivity contribution in [2.75, 3.05) is 6.54 Å². The van der Waals surface area contributed by atoms with Crippen LogP contribution in [0.15, 0.2) is 48.8 Å². The third-order valence-corrected chi connectivity index (χ3v) is 2.90. The number of pyridine rings is 1. The lowest BCUT2D eigenvalue weighted by atomic mass is 10.1. The van der Waals surface area contributed by atoms with Gasteiger partial charge in [-0.25, -0.2) is 0 Å². The first-order chi connectivity index (χ1) is 8.88. The second-order valence-corrected chi connectivity index (χ2v) is 4.31. The summed E-state index contributed by atoms with van der Waals surface area (Å²) in [5.74, 6) is 0. The van der Waals surface area contributed by atoms with Crippen LogP contribution in [0.3, 0.4) is 0 Å². The Morgan fingerprint density at radius 2 is 1.78 bits per heavy atom. The van der Waals surface area contributed by atoms with E-state index in [0.29, 0.717) is 6.54 Å². The molecule has 0 fully saturated rings. The number of hydrogen-bond donors (Lipinski definition) is 2. The van der Waals surface area contributed by atoms with Gasteiger partial charge >= 0.3 is 0 Å². The predicted octanol–water partition coefficient (Wildman–Crippen LogP) is 1.87. The average Bonchev–Trinajstić information content (AvgIpc) is 2.45. The van der Waals surface area contributed by atoms with Crippen LogP contribution < -0.4 is 11.1 Å². The molecule has 94 valence electrons. The molecule has 0 aliphatic heterocycles. The first-order valence-electron chi connectivity index (χ1n) is 6.26. The van der Waals surface area contributed by atoms with Crippen molar-refractivity contribution in [3.63, 3.8) is 0 Å². The number of aromatic nitrogens is 1. The highest BCUT2D eigenvalue weighted by molar-refractivity contribution is 5.23. The number of nitrogens with one attached hydrogen (secondary N) is 1. The van der Waals surface area contributed by atoms with Crippen molar-refractivity contribution in [1.29, 1.82) is 0 Å². The van der Waals surface area contributed by atoms with E-state index in [0.717, 1.165) is 19.5 Å². The summed E-state index contributed by atoms with van der Waals surface area (Å²) in [6.07, 6.45) is 4.69. The summed E-state index contributed by atoms with van der Waals surface area (Å²) in [4.78, 5) is 4.01. The highest BCUT2D eigenvalue weighted by Crippen LogP contribution is 2.04. The lowest BCUT2D eigenvalue weighted by Gasteiger charge is -2.06. The van der Waals surface area contributed by atoms with Gasteiger partial charge in [0.05, 0.1) is 0 Å². The van der Waals surface area contributed by atoms with Crippen LogP contribution in [0.25, 0.3) is 0 Å². The Labute approximate surface area is 108 Å². The number of nitrogens with two attached hydrogens (primary N) is 1. The van der Waals surface area contributed by atoms with Gasteiger partial charge in [0.1, 0.15) is 0 Å². The molecule has 0 spiro atoms. The number of rotatable bonds is 6. The quantitative estimate of drug-likeness (QED) is 0.759. The van der Waals surface area contributed by atoms with Gasteiger partial charge in [0.25, 0.3) is 0 Å². The van der Waals surface area contributed by atoms with E-state index < -0.39 is 0 Å². The van der Waals surface area contributed by atoms with E-state index in [1.165, 1.54) is 16.7 Å². The molecule has 3 nitrogen and oxygen atoms in total. The third-order valence-electron chi connectivity index (χ3n) is 2.90. The fraction of sp³-hybridized carbons (Fsp3) is 0.267. The Balaban J connectivity index is 1.75. The molecule has 0 bridgehead atoms. The van der Waals surface area contributed by atoms with Gasteiger partial charge in [-0.1, -0.05) is 24.3 Å². The van der Waals surface area contributed by atoms with Gasteiger partial charge in [-0.05, 0) is 41.8 Å². The van der Waals surface area contributed by atoms with Crippen LogP contribution in [0, 0.1) is 0 Å². The Morgan fingerprint density at radius 3 is 2.56 bits per heavy atom. The predicted molar refractivity (Wildman–Crippen MR) is 74.0 cm³/mol. The number of nitrogens with zero attached hydrogens (tertiary/aromatic N) is 1. The fourth-order valence-electron chi connectivity index (χ4n) is 1.88. The van der Waals surface area contributed by atoms with Crippen LogP contribution in [0.5, 0.6) is 0 Å². The summed E-state index contributed by atoms with van der Waals surface area (Å²) < 4.78 is 0. The molecular weight excluding hydrogens is 222 g/mol. The van der Waals surface area contributed by atoms with Crippen LogP contribution in [0.1, 0.15) is 16.7 Å². The van der Waals surface area contributed by atoms with Crippen LogP contribution in [-0.2, 0) is 19.5 Å². The molecule has 0 saturated carbocycles. The van der Waals surface area contributed by atoms with E-state index in [1.54, 1.807) is 0 Å². The molecule has 0 atom stereocenters. The summed E-state index contributed by atoms with van der Waals surface area (Å²) in [5.41, 5.74) is 9.40. The molecule has 0 amide bonds. The standard InChI is InChI=1S/C15H19N3/c16-11-14-2-1-3-15(10-14)12-18-9-6-13-4-7-17-8-5-13/h1-5,7-8,10,18H,6,9,11-12,16H2. The van der Waals surface area contributed by atoms with Crippen molar-refractivity contribution in [2.45, 2.75) is 19.5 Å². The minimum Gasteiger partial charge on any atom is -0.326 e. The Morgan fingerprint density at radius 1 is 1.00 bits per heavy atom. The number of hydrogen-bond acceptors (Lipinski definition) is 3. The van der Waals surface area contributed by atoms with Crippen LogP contribution in [-0.4, -0.2) is 11.5 Å². The van der Waals surface area contributed by atoms with Crippen LogP contribution >= 0.6 is 0 Å². The average molecular weight is 241 g/mol. The summed E-state index contributed by atoms with van der Waals surface area (Å²) in [6.45, 7) is 2.46. The molecule has 1 aromatic carbocycles. The molecule has 0 radical (unpaired) electrons. The highest BCUT2D eigenvalue weighted by Gasteiger charge is 1.95. The van der Waals surface area contributed by atoms with Gasteiger partial charge in [-0.2, -0.15) is 0 Å². The maximum Gasteiger partial charge on any atom is 0.0270 e. The lowest BCUT2D eigenvalue weighted by Crippen LogP contribution is -2.16. The molecule has 2 aromatic rings. The van der Waals surface area contributed by atoms with Crippen LogP contribution in [0.2, 0.25) is 0 Å². The topological polar surface area (TPSA) is 50.9 Å². The van der Waals surface area contributed by atoms with Crippen molar-refractivity contribution in [3.8, 4) is 0 Å². The Bertz CT molecular complexity index is 468. The molecule has 3 heteroatoms. The van der Waals surface area contributed by atoms with Gasteiger partial charge in [0.2, 0.25) is 0 Å². The molecule has 1 heterocycles. The largest absolute Gasteiger partial charge is 0.326 e. The normalized spacial score (nSPS) is 10.5. The van der Waals surface area contributed by atoms with E-state index in [2.05, 4.69) is 46.7 Å². The molecule has 3 N–H and O–H groups in total. The van der Waals surface area contributed by atoms with Gasteiger partial charge in [-0.3, -0.25) is 4.98 Å². The molecule has 1 aromatic heterocycles.